The highest BCUT2D eigenvalue weighted by Crippen LogP contribution is 2.14. The normalized spacial score (nSPS) is 26.2. The van der Waals surface area contributed by atoms with Crippen LogP contribution in [-0.4, -0.2) is 26.7 Å². The van der Waals surface area contributed by atoms with Gasteiger partial charge in [0.2, 0.25) is 0 Å². The molecule has 2 rings (SSSR count). The quantitative estimate of drug-likeness (QED) is 0.831. The van der Waals surface area contributed by atoms with Gasteiger partial charge in [0, 0.05) is 34.0 Å². The highest BCUT2D eigenvalue weighted by molar-refractivity contribution is 7.85. The topological polar surface area (TPSA) is 42.0 Å². The van der Waals surface area contributed by atoms with Gasteiger partial charge in [-0.3, -0.25) is 4.21 Å². The number of nitrogens with zero attached hydrogens (tertiary/aromatic N) is 1. The van der Waals surface area contributed by atoms with Crippen LogP contribution in [0, 0.1) is 6.92 Å². The Labute approximate surface area is 92.8 Å². The number of anilines is 1. The lowest BCUT2D eigenvalue weighted by atomic mass is 10.1. The van der Waals surface area contributed by atoms with Crippen LogP contribution in [0.25, 0.3) is 0 Å². The summed E-state index contributed by atoms with van der Waals surface area (Å²) in [5.74, 6) is 2.58. The van der Waals surface area contributed by atoms with Gasteiger partial charge in [-0.25, -0.2) is 4.98 Å². The average molecular weight is 224 g/mol. The van der Waals surface area contributed by atoms with Crippen LogP contribution in [-0.2, 0) is 10.8 Å². The largest absolute Gasteiger partial charge is 0.367 e. The summed E-state index contributed by atoms with van der Waals surface area (Å²) in [6.45, 7) is 1.99. The van der Waals surface area contributed by atoms with Crippen molar-refractivity contribution in [3.63, 3.8) is 0 Å². The Bertz CT molecular complexity index is 357. The molecular formula is C11H16N2OS. The molecule has 0 aliphatic carbocycles. The van der Waals surface area contributed by atoms with Gasteiger partial charge in [0.05, 0.1) is 0 Å². The maximum absolute atomic E-state index is 11.2. The summed E-state index contributed by atoms with van der Waals surface area (Å²) in [6, 6.07) is 6.42. The lowest BCUT2D eigenvalue weighted by Gasteiger charge is -2.23. The molecule has 0 spiro atoms. The van der Waals surface area contributed by atoms with E-state index in [1.54, 1.807) is 0 Å². The van der Waals surface area contributed by atoms with Crippen LogP contribution in [0.3, 0.4) is 0 Å². The van der Waals surface area contributed by atoms with E-state index in [0.29, 0.717) is 6.04 Å². The van der Waals surface area contributed by atoms with Crippen molar-refractivity contribution in [2.45, 2.75) is 25.8 Å². The molecule has 0 saturated carbocycles. The Morgan fingerprint density at radius 2 is 2.13 bits per heavy atom. The molecule has 1 N–H and O–H groups in total. The monoisotopic (exact) mass is 224 g/mol. The molecule has 1 aromatic rings. The Kier molecular flexibility index (Phi) is 3.36. The van der Waals surface area contributed by atoms with Crippen molar-refractivity contribution in [3.05, 3.63) is 23.9 Å². The summed E-state index contributed by atoms with van der Waals surface area (Å²) in [5, 5.41) is 3.40. The fourth-order valence-corrected chi connectivity index (χ4v) is 3.07. The van der Waals surface area contributed by atoms with Crippen molar-refractivity contribution < 1.29 is 4.21 Å². The van der Waals surface area contributed by atoms with Gasteiger partial charge < -0.3 is 5.32 Å². The lowest BCUT2D eigenvalue weighted by molar-refractivity contribution is 0.622. The number of nitrogens with one attached hydrogen (secondary N) is 1. The zero-order valence-electron chi connectivity index (χ0n) is 8.90. The Morgan fingerprint density at radius 1 is 1.40 bits per heavy atom. The molecule has 1 saturated heterocycles. The summed E-state index contributed by atoms with van der Waals surface area (Å²) in [6.07, 6.45) is 1.98. The number of pyridine rings is 1. The Morgan fingerprint density at radius 3 is 2.80 bits per heavy atom. The minimum atomic E-state index is -0.584. The molecule has 1 aliphatic heterocycles. The van der Waals surface area contributed by atoms with Gasteiger partial charge in [0.15, 0.2) is 0 Å². The number of hydrogen-bond acceptors (Lipinski definition) is 3. The van der Waals surface area contributed by atoms with Gasteiger partial charge in [-0.2, -0.15) is 0 Å². The van der Waals surface area contributed by atoms with Gasteiger partial charge in [-0.1, -0.05) is 6.07 Å². The van der Waals surface area contributed by atoms with Gasteiger partial charge in [-0.05, 0) is 31.9 Å². The van der Waals surface area contributed by atoms with Crippen molar-refractivity contribution in [1.82, 2.24) is 4.98 Å². The van der Waals surface area contributed by atoms with Crippen molar-refractivity contribution in [3.8, 4) is 0 Å². The van der Waals surface area contributed by atoms with Crippen LogP contribution in [0.4, 0.5) is 5.82 Å². The molecule has 1 fully saturated rings. The molecule has 82 valence electrons. The van der Waals surface area contributed by atoms with Crippen molar-refractivity contribution in [1.29, 1.82) is 0 Å². The van der Waals surface area contributed by atoms with E-state index in [1.807, 2.05) is 25.1 Å². The second kappa shape index (κ2) is 4.75. The Hall–Kier alpha value is -0.900. The smallest absolute Gasteiger partial charge is 0.126 e. The predicted octanol–water partition coefficient (Wildman–Crippen LogP) is 1.71. The first kappa shape index (κ1) is 10.6. The number of rotatable bonds is 2. The van der Waals surface area contributed by atoms with E-state index in [9.17, 15) is 4.21 Å². The molecule has 0 unspecified atom stereocenters. The van der Waals surface area contributed by atoms with Gasteiger partial charge in [0.1, 0.15) is 5.82 Å². The molecule has 0 bridgehead atoms. The SMILES string of the molecule is Cc1cccc(NC2CCS(=O)CC2)n1. The molecule has 1 aliphatic rings. The minimum absolute atomic E-state index is 0.442. The zero-order chi connectivity index (χ0) is 10.7. The third-order valence-electron chi connectivity index (χ3n) is 2.63. The van der Waals surface area contributed by atoms with Crippen molar-refractivity contribution in [2.75, 3.05) is 16.8 Å². The van der Waals surface area contributed by atoms with Crippen LogP contribution in [0.2, 0.25) is 0 Å². The van der Waals surface area contributed by atoms with Crippen LogP contribution < -0.4 is 5.32 Å². The zero-order valence-corrected chi connectivity index (χ0v) is 9.72. The summed E-state index contributed by atoms with van der Waals surface area (Å²) < 4.78 is 11.2. The fourth-order valence-electron chi connectivity index (χ4n) is 1.77. The number of hydrogen-bond donors (Lipinski definition) is 1. The highest BCUT2D eigenvalue weighted by atomic mass is 32.2. The van der Waals surface area contributed by atoms with E-state index < -0.39 is 10.8 Å². The minimum Gasteiger partial charge on any atom is -0.367 e. The molecule has 1 aromatic heterocycles. The van der Waals surface area contributed by atoms with Crippen molar-refractivity contribution >= 4 is 16.6 Å². The Balaban J connectivity index is 1.94. The maximum Gasteiger partial charge on any atom is 0.126 e. The third-order valence-corrected chi connectivity index (χ3v) is 4.01. The first-order chi connectivity index (χ1) is 7.24. The molecule has 0 radical (unpaired) electrons. The van der Waals surface area contributed by atoms with Gasteiger partial charge >= 0.3 is 0 Å². The number of aromatic nitrogens is 1. The predicted molar refractivity (Wildman–Crippen MR) is 63.5 cm³/mol. The molecule has 0 aromatic carbocycles. The molecule has 2 heterocycles. The van der Waals surface area contributed by atoms with Gasteiger partial charge in [0.25, 0.3) is 0 Å². The summed E-state index contributed by atoms with van der Waals surface area (Å²) in [5.41, 5.74) is 1.03. The lowest BCUT2D eigenvalue weighted by Crippen LogP contribution is -2.29. The standard InChI is InChI=1S/C11H16N2OS/c1-9-3-2-4-11(12-9)13-10-5-7-15(14)8-6-10/h2-4,10H,5-8H2,1H3,(H,12,13). The maximum atomic E-state index is 11.2. The molecule has 4 heteroatoms. The first-order valence-corrected chi connectivity index (χ1v) is 6.78. The van der Waals surface area contributed by atoms with Crippen LogP contribution >= 0.6 is 0 Å². The fraction of sp³-hybridized carbons (Fsp3) is 0.545. The molecule has 3 nitrogen and oxygen atoms in total. The molecular weight excluding hydrogens is 208 g/mol. The van der Waals surface area contributed by atoms with Crippen LogP contribution in [0.5, 0.6) is 0 Å². The average Bonchev–Trinajstić information content (AvgIpc) is 2.22. The van der Waals surface area contributed by atoms with E-state index in [0.717, 1.165) is 35.9 Å². The van der Waals surface area contributed by atoms with E-state index in [2.05, 4.69) is 10.3 Å². The van der Waals surface area contributed by atoms with E-state index in [4.69, 9.17) is 0 Å². The van der Waals surface area contributed by atoms with Gasteiger partial charge in [-0.15, -0.1) is 0 Å². The number of aryl methyl sites for hydroxylation is 1. The summed E-state index contributed by atoms with van der Waals surface area (Å²) in [7, 11) is -0.584. The van der Waals surface area contributed by atoms with Crippen LogP contribution in [0.15, 0.2) is 18.2 Å². The molecule has 15 heavy (non-hydrogen) atoms. The van der Waals surface area contributed by atoms with Crippen LogP contribution in [0.1, 0.15) is 18.5 Å². The van der Waals surface area contributed by atoms with E-state index >= 15 is 0 Å². The first-order valence-electron chi connectivity index (χ1n) is 5.29. The van der Waals surface area contributed by atoms with E-state index in [-0.39, 0.29) is 0 Å². The van der Waals surface area contributed by atoms with Crippen molar-refractivity contribution in [2.24, 2.45) is 0 Å². The third kappa shape index (κ3) is 3.02. The molecule has 0 amide bonds. The second-order valence-corrected chi connectivity index (χ2v) is 5.63. The summed E-state index contributed by atoms with van der Waals surface area (Å²) in [4.78, 5) is 4.40. The summed E-state index contributed by atoms with van der Waals surface area (Å²) >= 11 is 0. The second-order valence-electron chi connectivity index (χ2n) is 3.93. The molecule has 0 atom stereocenters. The van der Waals surface area contributed by atoms with E-state index in [1.165, 1.54) is 0 Å². The highest BCUT2D eigenvalue weighted by Gasteiger charge is 2.17.